The number of hydrogen-bond donors (Lipinski definition) is 2. The van der Waals surface area contributed by atoms with Crippen LogP contribution in [0.15, 0.2) is 28.1 Å². The van der Waals surface area contributed by atoms with E-state index in [2.05, 4.69) is 10.5 Å². The van der Waals surface area contributed by atoms with Crippen molar-refractivity contribution in [2.24, 2.45) is 0 Å². The predicted octanol–water partition coefficient (Wildman–Crippen LogP) is 2.92. The third-order valence-corrected chi connectivity index (χ3v) is 3.61. The Morgan fingerprint density at radius 1 is 1.48 bits per heavy atom. The topological polar surface area (TPSA) is 102 Å². The second-order valence-corrected chi connectivity index (χ2v) is 6.85. The number of carbonyl (C=O) groups is 2. The van der Waals surface area contributed by atoms with Crippen molar-refractivity contribution in [3.63, 3.8) is 0 Å². The first-order valence-corrected chi connectivity index (χ1v) is 7.84. The van der Waals surface area contributed by atoms with Crippen molar-refractivity contribution in [3.05, 3.63) is 29.3 Å². The lowest BCUT2D eigenvalue weighted by Gasteiger charge is -2.21. The zero-order chi connectivity index (χ0) is 17.0. The molecule has 0 aliphatic heterocycles. The van der Waals surface area contributed by atoms with Gasteiger partial charge in [0.1, 0.15) is 11.6 Å². The summed E-state index contributed by atoms with van der Waals surface area (Å²) < 4.78 is 10.3. The molecule has 23 heavy (non-hydrogen) atoms. The molecule has 1 atom stereocenters. The highest BCUT2D eigenvalue weighted by Gasteiger charge is 2.25. The summed E-state index contributed by atoms with van der Waals surface area (Å²) in [6.45, 7) is 5.11. The molecule has 0 aromatic carbocycles. The molecule has 0 spiro atoms. The zero-order valence-electron chi connectivity index (χ0n) is 13.0. The lowest BCUT2D eigenvalue weighted by Crippen LogP contribution is -2.44. The van der Waals surface area contributed by atoms with E-state index in [-0.39, 0.29) is 6.42 Å². The molecule has 2 N–H and O–H groups in total. The van der Waals surface area contributed by atoms with E-state index in [1.54, 1.807) is 26.8 Å². The van der Waals surface area contributed by atoms with Gasteiger partial charge in [-0.2, -0.15) is 0 Å². The van der Waals surface area contributed by atoms with Crippen LogP contribution in [0.5, 0.6) is 0 Å². The number of rotatable bonds is 5. The van der Waals surface area contributed by atoms with E-state index in [1.165, 1.54) is 11.3 Å². The lowest BCUT2D eigenvalue weighted by atomic mass is 10.1. The maximum absolute atomic E-state index is 11.7. The molecule has 0 bridgehead atoms. The minimum Gasteiger partial charge on any atom is -0.480 e. The molecular formula is C15H18N2O5S. The van der Waals surface area contributed by atoms with Gasteiger partial charge in [-0.3, -0.25) is 0 Å². The first kappa shape index (κ1) is 17.0. The van der Waals surface area contributed by atoms with Gasteiger partial charge in [0.25, 0.3) is 0 Å². The van der Waals surface area contributed by atoms with Crippen LogP contribution in [0, 0.1) is 0 Å². The summed E-state index contributed by atoms with van der Waals surface area (Å²) in [6, 6.07) is 4.28. The normalized spacial score (nSPS) is 12.7. The quantitative estimate of drug-likeness (QED) is 0.869. The first-order chi connectivity index (χ1) is 10.7. The third-order valence-electron chi connectivity index (χ3n) is 2.73. The fraction of sp³-hybridized carbons (Fsp3) is 0.400. The maximum Gasteiger partial charge on any atom is 0.408 e. The molecule has 8 heteroatoms. The average molecular weight is 338 g/mol. The van der Waals surface area contributed by atoms with Crippen molar-refractivity contribution in [1.82, 2.24) is 10.5 Å². The standard InChI is InChI=1S/C15H18N2O5S/c1-15(2,3)21-14(20)16-10(13(18)19)7-9-8-11(22-17-9)12-5-4-6-23-12/h4-6,8,10H,7H2,1-3H3,(H,16,20)(H,18,19). The van der Waals surface area contributed by atoms with Gasteiger partial charge in [-0.05, 0) is 32.2 Å². The highest BCUT2D eigenvalue weighted by atomic mass is 32.1. The Bertz CT molecular complexity index is 672. The van der Waals surface area contributed by atoms with E-state index < -0.39 is 23.7 Å². The molecule has 1 amide bonds. The number of alkyl carbamates (subject to hydrolysis) is 1. The first-order valence-electron chi connectivity index (χ1n) is 6.96. The fourth-order valence-electron chi connectivity index (χ4n) is 1.80. The summed E-state index contributed by atoms with van der Waals surface area (Å²) in [7, 11) is 0. The lowest BCUT2D eigenvalue weighted by molar-refractivity contribution is -0.139. The van der Waals surface area contributed by atoms with Gasteiger partial charge in [0.15, 0.2) is 5.76 Å². The number of ether oxygens (including phenoxy) is 1. The number of thiophene rings is 1. The second kappa shape index (κ2) is 6.82. The molecule has 2 rings (SSSR count). The van der Waals surface area contributed by atoms with Crippen LogP contribution in [0.25, 0.3) is 10.6 Å². The largest absolute Gasteiger partial charge is 0.480 e. The molecule has 2 aromatic heterocycles. The molecule has 0 saturated heterocycles. The van der Waals surface area contributed by atoms with E-state index >= 15 is 0 Å². The molecule has 2 aromatic rings. The molecule has 7 nitrogen and oxygen atoms in total. The number of aliphatic carboxylic acids is 1. The Morgan fingerprint density at radius 3 is 2.78 bits per heavy atom. The van der Waals surface area contributed by atoms with Crippen LogP contribution >= 0.6 is 11.3 Å². The molecule has 124 valence electrons. The molecule has 0 saturated carbocycles. The van der Waals surface area contributed by atoms with Crippen molar-refractivity contribution >= 4 is 23.4 Å². The van der Waals surface area contributed by atoms with Gasteiger partial charge >= 0.3 is 12.1 Å². The van der Waals surface area contributed by atoms with E-state index in [9.17, 15) is 14.7 Å². The monoisotopic (exact) mass is 338 g/mol. The summed E-state index contributed by atoms with van der Waals surface area (Å²) in [6.07, 6.45) is -0.782. The number of carboxylic acids is 1. The molecule has 1 unspecified atom stereocenters. The summed E-state index contributed by atoms with van der Waals surface area (Å²) in [5.74, 6) is -0.604. The van der Waals surface area contributed by atoms with Gasteiger partial charge < -0.3 is 19.7 Å². The Labute approximate surface area is 137 Å². The van der Waals surface area contributed by atoms with Crippen molar-refractivity contribution in [2.45, 2.75) is 38.8 Å². The van der Waals surface area contributed by atoms with Gasteiger partial charge in [0.2, 0.25) is 0 Å². The number of amides is 1. The molecule has 0 aliphatic carbocycles. The van der Waals surface area contributed by atoms with E-state index in [0.29, 0.717) is 11.5 Å². The van der Waals surface area contributed by atoms with Gasteiger partial charge in [0.05, 0.1) is 10.6 Å². The van der Waals surface area contributed by atoms with Crippen LogP contribution in [0.2, 0.25) is 0 Å². The summed E-state index contributed by atoms with van der Waals surface area (Å²) in [4.78, 5) is 23.9. The highest BCUT2D eigenvalue weighted by molar-refractivity contribution is 7.13. The predicted molar refractivity (Wildman–Crippen MR) is 84.3 cm³/mol. The third kappa shape index (κ3) is 5.10. The minimum atomic E-state index is -1.17. The van der Waals surface area contributed by atoms with E-state index in [4.69, 9.17) is 9.26 Å². The van der Waals surface area contributed by atoms with Crippen molar-refractivity contribution < 1.29 is 24.0 Å². The number of carboxylic acid groups (broad SMARTS) is 1. The zero-order valence-corrected chi connectivity index (χ0v) is 13.8. The Hall–Kier alpha value is -2.35. The van der Waals surface area contributed by atoms with Crippen LogP contribution in [-0.2, 0) is 16.0 Å². The van der Waals surface area contributed by atoms with E-state index in [1.807, 2.05) is 17.5 Å². The SMILES string of the molecule is CC(C)(C)OC(=O)NC(Cc1cc(-c2cccs2)on1)C(=O)O. The second-order valence-electron chi connectivity index (χ2n) is 5.90. The van der Waals surface area contributed by atoms with Crippen LogP contribution < -0.4 is 5.32 Å². The average Bonchev–Trinajstić information content (AvgIpc) is 3.05. The molecule has 0 fully saturated rings. The Kier molecular flexibility index (Phi) is 5.05. The number of carbonyl (C=O) groups excluding carboxylic acids is 1. The molecular weight excluding hydrogens is 320 g/mol. The van der Waals surface area contributed by atoms with Crippen LogP contribution in [0.4, 0.5) is 4.79 Å². The molecule has 0 aliphatic rings. The van der Waals surface area contributed by atoms with Crippen molar-refractivity contribution in [2.75, 3.05) is 0 Å². The Morgan fingerprint density at radius 2 is 2.22 bits per heavy atom. The number of nitrogens with zero attached hydrogens (tertiary/aromatic N) is 1. The Balaban J connectivity index is 2.02. The summed E-state index contributed by atoms with van der Waals surface area (Å²) in [5.41, 5.74) is -0.259. The van der Waals surface area contributed by atoms with Crippen molar-refractivity contribution in [3.8, 4) is 10.6 Å². The van der Waals surface area contributed by atoms with Gasteiger partial charge in [0, 0.05) is 12.5 Å². The van der Waals surface area contributed by atoms with E-state index in [0.717, 1.165) is 4.88 Å². The molecule has 0 radical (unpaired) electrons. The number of hydrogen-bond acceptors (Lipinski definition) is 6. The highest BCUT2D eigenvalue weighted by Crippen LogP contribution is 2.25. The van der Waals surface area contributed by atoms with Gasteiger partial charge in [-0.25, -0.2) is 9.59 Å². The fourth-order valence-corrected chi connectivity index (χ4v) is 2.48. The smallest absolute Gasteiger partial charge is 0.408 e. The number of aromatic nitrogens is 1. The number of nitrogens with one attached hydrogen (secondary N) is 1. The summed E-state index contributed by atoms with van der Waals surface area (Å²) >= 11 is 1.49. The maximum atomic E-state index is 11.7. The van der Waals surface area contributed by atoms with Crippen LogP contribution in [-0.4, -0.2) is 34.0 Å². The minimum absolute atomic E-state index is 0.00342. The van der Waals surface area contributed by atoms with Crippen LogP contribution in [0.1, 0.15) is 26.5 Å². The molecule has 2 heterocycles. The van der Waals surface area contributed by atoms with Crippen molar-refractivity contribution in [1.29, 1.82) is 0 Å². The van der Waals surface area contributed by atoms with Crippen LogP contribution in [0.3, 0.4) is 0 Å². The summed E-state index contributed by atoms with van der Waals surface area (Å²) in [5, 5.41) is 17.3. The van der Waals surface area contributed by atoms with Gasteiger partial charge in [-0.15, -0.1) is 11.3 Å². The van der Waals surface area contributed by atoms with Gasteiger partial charge in [-0.1, -0.05) is 11.2 Å².